The van der Waals surface area contributed by atoms with Crippen molar-refractivity contribution < 1.29 is 20.9 Å². The van der Waals surface area contributed by atoms with E-state index in [9.17, 15) is 8.42 Å². The minimum Gasteiger partial charge on any atom is -1.00 e. The predicted octanol–water partition coefficient (Wildman–Crippen LogP) is 0.483. The molecular weight excluding hydrogens is 192 g/mol. The molecule has 0 saturated heterocycles. The molecule has 1 aromatic rings. The number of hydrogen-bond acceptors (Lipinski definition) is 3. The molecule has 64 valence electrons. The average Bonchev–Trinajstić information content (AvgIpc) is 1.86. The third kappa shape index (κ3) is 2.63. The van der Waals surface area contributed by atoms with Gasteiger partial charge in [0.05, 0.1) is 0 Å². The van der Waals surface area contributed by atoms with Gasteiger partial charge in [-0.25, -0.2) is 0 Å². The molecule has 0 fully saturated rings. The Morgan fingerprint density at radius 2 is 1.75 bits per heavy atom. The van der Waals surface area contributed by atoms with E-state index in [4.69, 9.17) is 9.66 Å². The van der Waals surface area contributed by atoms with Crippen LogP contribution >= 0.6 is 0 Å². The van der Waals surface area contributed by atoms with E-state index in [2.05, 4.69) is 0 Å². The van der Waals surface area contributed by atoms with Gasteiger partial charge in [-0.05, 0) is 12.1 Å². The minimum atomic E-state index is -4.28. The van der Waals surface area contributed by atoms with Gasteiger partial charge in [0.25, 0.3) is 10.1 Å². The van der Waals surface area contributed by atoms with Crippen LogP contribution in [0.25, 0.3) is 0 Å². The summed E-state index contributed by atoms with van der Waals surface area (Å²) in [5, 5.41) is 8.91. The van der Waals surface area contributed by atoms with Crippen LogP contribution in [-0.2, 0) is 10.1 Å². The summed E-state index contributed by atoms with van der Waals surface area (Å²) in [6.07, 6.45) is 0. The number of phenolic OH excluding ortho intramolecular Hbond substituents is 1. The average molecular weight is 200 g/mol. The van der Waals surface area contributed by atoms with E-state index in [1.165, 1.54) is 18.2 Å². The zero-order valence-electron chi connectivity index (χ0n) is 8.14. The second-order valence-corrected chi connectivity index (χ2v) is 3.33. The number of para-hydroxylation sites is 1. The molecule has 0 aliphatic carbocycles. The van der Waals surface area contributed by atoms with Gasteiger partial charge in [0.2, 0.25) is 0 Å². The van der Waals surface area contributed by atoms with Crippen LogP contribution in [0.15, 0.2) is 29.2 Å². The number of hydrogen-bond donors (Lipinski definition) is 2. The standard InChI is InChI=1S/C6H6O4S.Mg.2H/c7-5-3-1-2-4-6(5)11(8,9)10;;;/h1-4,7H,(H,8,9,10);;;/q;+2;2*-1. The summed E-state index contributed by atoms with van der Waals surface area (Å²) in [5.74, 6) is -0.449. The Hall–Kier alpha value is -0.304. The predicted molar refractivity (Wildman–Crippen MR) is 45.9 cm³/mol. The summed E-state index contributed by atoms with van der Waals surface area (Å²) >= 11 is 0. The molecule has 0 atom stereocenters. The van der Waals surface area contributed by atoms with Crippen molar-refractivity contribution in [2.75, 3.05) is 0 Å². The molecule has 0 unspecified atom stereocenters. The van der Waals surface area contributed by atoms with E-state index in [0.29, 0.717) is 0 Å². The summed E-state index contributed by atoms with van der Waals surface area (Å²) in [7, 11) is -4.28. The Balaban J connectivity index is -0.000000403. The molecule has 2 N–H and O–H groups in total. The van der Waals surface area contributed by atoms with Crippen LogP contribution in [0.3, 0.4) is 0 Å². The van der Waals surface area contributed by atoms with Crippen molar-refractivity contribution in [2.45, 2.75) is 4.90 Å². The van der Waals surface area contributed by atoms with E-state index in [0.717, 1.165) is 6.07 Å². The molecule has 1 rings (SSSR count). The Bertz CT molecular complexity index is 368. The summed E-state index contributed by atoms with van der Waals surface area (Å²) in [6, 6.07) is 5.17. The fourth-order valence-corrected chi connectivity index (χ4v) is 1.26. The van der Waals surface area contributed by atoms with Crippen LogP contribution in [0, 0.1) is 0 Å². The molecule has 1 aromatic carbocycles. The van der Waals surface area contributed by atoms with Crippen molar-refractivity contribution in [3.8, 4) is 5.75 Å². The Morgan fingerprint density at radius 3 is 2.08 bits per heavy atom. The van der Waals surface area contributed by atoms with E-state index >= 15 is 0 Å². The topological polar surface area (TPSA) is 74.6 Å². The van der Waals surface area contributed by atoms with Crippen molar-refractivity contribution >= 4 is 33.2 Å². The summed E-state index contributed by atoms with van der Waals surface area (Å²) in [5.41, 5.74) is 0. The molecule has 0 heterocycles. The number of benzene rings is 1. The van der Waals surface area contributed by atoms with Crippen LogP contribution in [0.2, 0.25) is 0 Å². The SMILES string of the molecule is O=S(=O)(O)c1ccccc1O.[H-].[H-].[Mg+2]. The summed E-state index contributed by atoms with van der Waals surface area (Å²) < 4.78 is 29.4. The van der Waals surface area contributed by atoms with Crippen molar-refractivity contribution in [3.63, 3.8) is 0 Å². The maximum Gasteiger partial charge on any atom is 2.00 e. The van der Waals surface area contributed by atoms with Crippen LogP contribution in [0.5, 0.6) is 5.75 Å². The molecule has 0 saturated carbocycles. The quantitative estimate of drug-likeness (QED) is 0.511. The molecule has 6 heteroatoms. The first-order valence-electron chi connectivity index (χ1n) is 2.77. The van der Waals surface area contributed by atoms with Gasteiger partial charge < -0.3 is 7.96 Å². The van der Waals surface area contributed by atoms with Gasteiger partial charge in [0.1, 0.15) is 10.6 Å². The zero-order valence-corrected chi connectivity index (χ0v) is 8.37. The molecule has 0 aliphatic rings. The fourth-order valence-electron chi connectivity index (χ4n) is 0.675. The third-order valence-electron chi connectivity index (χ3n) is 1.14. The van der Waals surface area contributed by atoms with Crippen LogP contribution in [-0.4, -0.2) is 41.1 Å². The van der Waals surface area contributed by atoms with Crippen molar-refractivity contribution in [1.29, 1.82) is 0 Å². The van der Waals surface area contributed by atoms with Gasteiger partial charge in [-0.15, -0.1) is 0 Å². The third-order valence-corrected chi connectivity index (χ3v) is 2.04. The first kappa shape index (κ1) is 11.7. The van der Waals surface area contributed by atoms with Crippen molar-refractivity contribution in [1.82, 2.24) is 0 Å². The molecule has 12 heavy (non-hydrogen) atoms. The van der Waals surface area contributed by atoms with Gasteiger partial charge in [0, 0.05) is 0 Å². The molecule has 0 radical (unpaired) electrons. The smallest absolute Gasteiger partial charge is 1.00 e. The largest absolute Gasteiger partial charge is 2.00 e. The summed E-state index contributed by atoms with van der Waals surface area (Å²) in [4.78, 5) is -0.472. The first-order valence-corrected chi connectivity index (χ1v) is 4.21. The Kier molecular flexibility index (Phi) is 3.98. The van der Waals surface area contributed by atoms with Gasteiger partial charge in [-0.1, -0.05) is 12.1 Å². The second kappa shape index (κ2) is 4.08. The molecule has 0 spiro atoms. The van der Waals surface area contributed by atoms with Gasteiger partial charge in [-0.3, -0.25) is 4.55 Å². The van der Waals surface area contributed by atoms with Crippen molar-refractivity contribution in [3.05, 3.63) is 24.3 Å². The molecule has 4 nitrogen and oxygen atoms in total. The van der Waals surface area contributed by atoms with Gasteiger partial charge in [-0.2, -0.15) is 8.42 Å². The first-order chi connectivity index (χ1) is 5.02. The normalized spacial score (nSPS) is 10.4. The monoisotopic (exact) mass is 200 g/mol. The molecule has 0 amide bonds. The van der Waals surface area contributed by atoms with Gasteiger partial charge >= 0.3 is 23.1 Å². The Labute approximate surface area is 89.1 Å². The fraction of sp³-hybridized carbons (Fsp3) is 0. The minimum absolute atomic E-state index is 0. The maximum absolute atomic E-state index is 10.4. The Morgan fingerprint density at radius 1 is 1.25 bits per heavy atom. The number of phenols is 1. The van der Waals surface area contributed by atoms with E-state index < -0.39 is 20.8 Å². The molecule has 0 aromatic heterocycles. The maximum atomic E-state index is 10.4. The zero-order chi connectivity index (χ0) is 8.48. The van der Waals surface area contributed by atoms with Crippen LogP contribution in [0.4, 0.5) is 0 Å². The van der Waals surface area contributed by atoms with Crippen LogP contribution < -0.4 is 0 Å². The van der Waals surface area contributed by atoms with E-state index in [-0.39, 0.29) is 25.9 Å². The molecular formula is C6H8MgO4S. The second-order valence-electron chi connectivity index (χ2n) is 1.94. The molecule has 0 bridgehead atoms. The molecule has 0 aliphatic heterocycles. The van der Waals surface area contributed by atoms with E-state index in [1.807, 2.05) is 0 Å². The van der Waals surface area contributed by atoms with Gasteiger partial charge in [0.15, 0.2) is 0 Å². The van der Waals surface area contributed by atoms with Crippen LogP contribution in [0.1, 0.15) is 2.85 Å². The number of aromatic hydroxyl groups is 1. The van der Waals surface area contributed by atoms with E-state index in [1.54, 1.807) is 0 Å². The van der Waals surface area contributed by atoms with Crippen molar-refractivity contribution in [2.24, 2.45) is 0 Å². The number of rotatable bonds is 1. The summed E-state index contributed by atoms with van der Waals surface area (Å²) in [6.45, 7) is 0.